The number of benzene rings is 1. The van der Waals surface area contributed by atoms with Gasteiger partial charge in [-0.3, -0.25) is 0 Å². The van der Waals surface area contributed by atoms with E-state index in [9.17, 15) is 0 Å². The highest BCUT2D eigenvalue weighted by Gasteiger charge is 2.21. The van der Waals surface area contributed by atoms with Crippen LogP contribution in [0.3, 0.4) is 0 Å². The van der Waals surface area contributed by atoms with Gasteiger partial charge in [0.25, 0.3) is 0 Å². The normalized spacial score (nSPS) is 23.3. The van der Waals surface area contributed by atoms with Crippen LogP contribution >= 0.6 is 15.9 Å². The van der Waals surface area contributed by atoms with Crippen molar-refractivity contribution in [3.05, 3.63) is 27.7 Å². The first-order valence-corrected chi connectivity index (χ1v) is 7.35. The van der Waals surface area contributed by atoms with E-state index in [1.807, 2.05) is 6.07 Å². The lowest BCUT2D eigenvalue weighted by molar-refractivity contribution is -0.0169. The topological polar surface area (TPSA) is 30.5 Å². The van der Waals surface area contributed by atoms with Crippen LogP contribution in [0.5, 0.6) is 5.75 Å². The molecule has 0 aliphatic carbocycles. The molecule has 18 heavy (non-hydrogen) atoms. The third-order valence-corrected chi connectivity index (χ3v) is 4.51. The van der Waals surface area contributed by atoms with Gasteiger partial charge in [-0.1, -0.05) is 15.9 Å². The lowest BCUT2D eigenvalue weighted by Crippen LogP contribution is -2.31. The first-order valence-electron chi connectivity index (χ1n) is 6.56. The summed E-state index contributed by atoms with van der Waals surface area (Å²) in [5.41, 5.74) is 2.59. The molecule has 2 aliphatic heterocycles. The van der Waals surface area contributed by atoms with Crippen molar-refractivity contribution in [2.24, 2.45) is 5.92 Å². The highest BCUT2D eigenvalue weighted by Crippen LogP contribution is 2.34. The maximum absolute atomic E-state index is 5.55. The van der Waals surface area contributed by atoms with Crippen LogP contribution in [0.15, 0.2) is 16.6 Å². The fraction of sp³-hybridized carbons (Fsp3) is 0.571. The number of hydrogen-bond donors (Lipinski definition) is 1. The van der Waals surface area contributed by atoms with Crippen molar-refractivity contribution < 1.29 is 9.47 Å². The van der Waals surface area contributed by atoms with Gasteiger partial charge in [-0.2, -0.15) is 0 Å². The van der Waals surface area contributed by atoms with Gasteiger partial charge in [-0.25, -0.2) is 0 Å². The van der Waals surface area contributed by atoms with Crippen LogP contribution in [-0.2, 0) is 17.8 Å². The van der Waals surface area contributed by atoms with Gasteiger partial charge < -0.3 is 14.8 Å². The molecule has 2 aliphatic rings. The minimum absolute atomic E-state index is 0.374. The van der Waals surface area contributed by atoms with Crippen molar-refractivity contribution >= 4 is 15.9 Å². The summed E-state index contributed by atoms with van der Waals surface area (Å²) in [6.45, 7) is 3.33. The molecule has 2 heterocycles. The van der Waals surface area contributed by atoms with E-state index in [1.54, 1.807) is 0 Å². The smallest absolute Gasteiger partial charge is 0.189 e. The van der Waals surface area contributed by atoms with Crippen molar-refractivity contribution in [3.8, 4) is 5.75 Å². The summed E-state index contributed by atoms with van der Waals surface area (Å²) in [6, 6.07) is 4.13. The first-order chi connectivity index (χ1) is 8.84. The van der Waals surface area contributed by atoms with E-state index in [1.165, 1.54) is 28.4 Å². The summed E-state index contributed by atoms with van der Waals surface area (Å²) in [6.07, 6.45) is 3.69. The maximum atomic E-state index is 5.55. The molecule has 1 unspecified atom stereocenters. The Morgan fingerprint density at radius 3 is 3.17 bits per heavy atom. The summed E-state index contributed by atoms with van der Waals surface area (Å²) < 4.78 is 12.2. The van der Waals surface area contributed by atoms with Crippen LogP contribution in [-0.4, -0.2) is 19.9 Å². The Bertz CT molecular complexity index is 430. The number of nitrogens with one attached hydrogen (secondary N) is 1. The predicted octanol–water partition coefficient (Wildman–Crippen LogP) is 2.86. The average Bonchev–Trinajstić information content (AvgIpc) is 2.43. The zero-order valence-electron chi connectivity index (χ0n) is 10.4. The van der Waals surface area contributed by atoms with Crippen molar-refractivity contribution in [3.63, 3.8) is 0 Å². The highest BCUT2D eigenvalue weighted by molar-refractivity contribution is 9.10. The van der Waals surface area contributed by atoms with Gasteiger partial charge in [0.15, 0.2) is 6.79 Å². The monoisotopic (exact) mass is 311 g/mol. The van der Waals surface area contributed by atoms with Gasteiger partial charge in [0, 0.05) is 10.0 Å². The second kappa shape index (κ2) is 5.59. The Hall–Kier alpha value is -0.580. The Kier molecular flexibility index (Phi) is 3.87. The number of piperidine rings is 1. The molecular weight excluding hydrogens is 294 g/mol. The SMILES string of the molecule is Brc1ccc2c(c1CC1CCCNC1)COCO2. The number of hydrogen-bond acceptors (Lipinski definition) is 3. The summed E-state index contributed by atoms with van der Waals surface area (Å²) in [4.78, 5) is 0. The number of halogens is 1. The molecule has 1 aromatic rings. The van der Waals surface area contributed by atoms with Crippen LogP contribution in [0, 0.1) is 5.92 Å². The minimum Gasteiger partial charge on any atom is -0.467 e. The average molecular weight is 312 g/mol. The molecule has 3 rings (SSSR count). The van der Waals surface area contributed by atoms with Gasteiger partial charge in [0.05, 0.1) is 6.61 Å². The second-order valence-electron chi connectivity index (χ2n) is 5.03. The molecule has 1 N–H and O–H groups in total. The molecule has 0 bridgehead atoms. The molecule has 1 fully saturated rings. The van der Waals surface area contributed by atoms with E-state index < -0.39 is 0 Å². The molecule has 3 nitrogen and oxygen atoms in total. The lowest BCUT2D eigenvalue weighted by atomic mass is 9.90. The molecule has 0 aromatic heterocycles. The van der Waals surface area contributed by atoms with Gasteiger partial charge >= 0.3 is 0 Å². The molecule has 0 spiro atoms. The van der Waals surface area contributed by atoms with Crippen molar-refractivity contribution in [2.45, 2.75) is 25.9 Å². The molecule has 1 saturated heterocycles. The fourth-order valence-electron chi connectivity index (χ4n) is 2.79. The van der Waals surface area contributed by atoms with E-state index in [0.29, 0.717) is 13.4 Å². The van der Waals surface area contributed by atoms with Crippen molar-refractivity contribution in [1.82, 2.24) is 5.32 Å². The fourth-order valence-corrected chi connectivity index (χ4v) is 3.33. The van der Waals surface area contributed by atoms with Crippen molar-refractivity contribution in [1.29, 1.82) is 0 Å². The summed E-state index contributed by atoms with van der Waals surface area (Å²) in [5, 5.41) is 3.48. The first kappa shape index (κ1) is 12.5. The molecule has 0 saturated carbocycles. The van der Waals surface area contributed by atoms with E-state index in [0.717, 1.165) is 31.2 Å². The van der Waals surface area contributed by atoms with Crippen LogP contribution in [0.1, 0.15) is 24.0 Å². The Balaban J connectivity index is 1.85. The van der Waals surface area contributed by atoms with Gasteiger partial charge in [-0.15, -0.1) is 0 Å². The number of ether oxygens (including phenoxy) is 2. The zero-order chi connectivity index (χ0) is 12.4. The van der Waals surface area contributed by atoms with E-state index in [-0.39, 0.29) is 0 Å². The van der Waals surface area contributed by atoms with E-state index in [4.69, 9.17) is 9.47 Å². The van der Waals surface area contributed by atoms with E-state index >= 15 is 0 Å². The minimum atomic E-state index is 0.374. The standard InChI is InChI=1S/C14H18BrNO2/c15-13-3-4-14-12(8-17-9-18-14)11(13)6-10-2-1-5-16-7-10/h3-4,10,16H,1-2,5-9H2. The van der Waals surface area contributed by atoms with Gasteiger partial charge in [-0.05, 0) is 56.0 Å². The highest BCUT2D eigenvalue weighted by atomic mass is 79.9. The third kappa shape index (κ3) is 2.56. The predicted molar refractivity (Wildman–Crippen MR) is 73.7 cm³/mol. The largest absolute Gasteiger partial charge is 0.467 e. The summed E-state index contributed by atoms with van der Waals surface area (Å²) in [7, 11) is 0. The Labute approximate surface area is 116 Å². The Morgan fingerprint density at radius 1 is 1.39 bits per heavy atom. The number of rotatable bonds is 2. The van der Waals surface area contributed by atoms with Crippen LogP contribution < -0.4 is 10.1 Å². The van der Waals surface area contributed by atoms with E-state index in [2.05, 4.69) is 27.3 Å². The lowest BCUT2D eigenvalue weighted by Gasteiger charge is -2.26. The molecule has 1 atom stereocenters. The maximum Gasteiger partial charge on any atom is 0.189 e. The van der Waals surface area contributed by atoms with Crippen LogP contribution in [0.2, 0.25) is 0 Å². The molecule has 1 aromatic carbocycles. The molecular formula is C14H18BrNO2. The van der Waals surface area contributed by atoms with Gasteiger partial charge in [0.2, 0.25) is 0 Å². The van der Waals surface area contributed by atoms with Crippen LogP contribution in [0.4, 0.5) is 0 Å². The summed E-state index contributed by atoms with van der Waals surface area (Å²) in [5.74, 6) is 1.71. The molecule has 4 heteroatoms. The Morgan fingerprint density at radius 2 is 2.33 bits per heavy atom. The number of fused-ring (bicyclic) bond motifs is 1. The quantitative estimate of drug-likeness (QED) is 0.911. The molecule has 98 valence electrons. The van der Waals surface area contributed by atoms with Crippen LogP contribution in [0.25, 0.3) is 0 Å². The molecule has 0 radical (unpaired) electrons. The zero-order valence-corrected chi connectivity index (χ0v) is 12.0. The third-order valence-electron chi connectivity index (χ3n) is 3.77. The summed E-state index contributed by atoms with van der Waals surface area (Å²) >= 11 is 3.67. The van der Waals surface area contributed by atoms with Crippen molar-refractivity contribution in [2.75, 3.05) is 19.9 Å². The molecule has 0 amide bonds. The second-order valence-corrected chi connectivity index (χ2v) is 5.88. The van der Waals surface area contributed by atoms with Gasteiger partial charge in [0.1, 0.15) is 5.75 Å².